The lowest BCUT2D eigenvalue weighted by molar-refractivity contribution is -0.120. The Kier molecular flexibility index (Phi) is 3.84. The number of carboxylic acids is 1. The number of rotatable bonds is 4. The minimum Gasteiger partial charge on any atom is -0.478 e. The standard InChI is InChI=1S/C16H14O4/c1-10-7-12(16(18)19)3-5-14(10)15-6-4-13(20-9-17)8-11(15)2/h3-9H,1-2H3,(H,18,19). The fraction of sp³-hybridized carbons (Fsp3) is 0.125. The van der Waals surface area contributed by atoms with Gasteiger partial charge < -0.3 is 9.84 Å². The number of carboxylic acid groups (broad SMARTS) is 1. The number of benzene rings is 2. The molecule has 0 fully saturated rings. The first-order chi connectivity index (χ1) is 9.52. The van der Waals surface area contributed by atoms with Gasteiger partial charge in [-0.3, -0.25) is 4.79 Å². The van der Waals surface area contributed by atoms with Crippen LogP contribution in [0.3, 0.4) is 0 Å². The molecule has 2 aromatic rings. The maximum Gasteiger partial charge on any atom is 0.335 e. The van der Waals surface area contributed by atoms with E-state index in [-0.39, 0.29) is 5.56 Å². The van der Waals surface area contributed by atoms with Gasteiger partial charge in [0.15, 0.2) is 0 Å². The van der Waals surface area contributed by atoms with Crippen LogP contribution in [0, 0.1) is 13.8 Å². The molecule has 2 rings (SSSR count). The largest absolute Gasteiger partial charge is 0.478 e. The topological polar surface area (TPSA) is 63.6 Å². The molecule has 0 saturated carbocycles. The summed E-state index contributed by atoms with van der Waals surface area (Å²) in [5.74, 6) is -0.452. The Morgan fingerprint density at radius 2 is 1.65 bits per heavy atom. The third-order valence-corrected chi connectivity index (χ3v) is 3.15. The molecule has 0 aromatic heterocycles. The molecule has 0 aliphatic rings. The highest BCUT2D eigenvalue weighted by molar-refractivity contribution is 5.89. The monoisotopic (exact) mass is 270 g/mol. The molecule has 0 atom stereocenters. The number of aromatic carboxylic acids is 1. The SMILES string of the molecule is Cc1cc(OC=O)ccc1-c1ccc(C(=O)O)cc1C. The smallest absolute Gasteiger partial charge is 0.335 e. The minimum atomic E-state index is -0.939. The molecular formula is C16H14O4. The molecule has 1 N–H and O–H groups in total. The fourth-order valence-corrected chi connectivity index (χ4v) is 2.17. The molecule has 4 nitrogen and oxygen atoms in total. The lowest BCUT2D eigenvalue weighted by Crippen LogP contribution is -1.98. The van der Waals surface area contributed by atoms with Crippen LogP contribution in [0.4, 0.5) is 0 Å². The molecular weight excluding hydrogens is 256 g/mol. The van der Waals surface area contributed by atoms with E-state index >= 15 is 0 Å². The van der Waals surface area contributed by atoms with Crippen molar-refractivity contribution in [2.45, 2.75) is 13.8 Å². The van der Waals surface area contributed by atoms with Crippen LogP contribution in [0.2, 0.25) is 0 Å². The van der Waals surface area contributed by atoms with Gasteiger partial charge in [0.1, 0.15) is 5.75 Å². The summed E-state index contributed by atoms with van der Waals surface area (Å²) in [5.41, 5.74) is 4.06. The van der Waals surface area contributed by atoms with E-state index in [1.807, 2.05) is 19.9 Å². The van der Waals surface area contributed by atoms with Crippen molar-refractivity contribution >= 4 is 12.4 Å². The number of carbonyl (C=O) groups is 2. The first-order valence-electron chi connectivity index (χ1n) is 6.08. The molecule has 0 aliphatic carbocycles. The summed E-state index contributed by atoms with van der Waals surface area (Å²) in [6.07, 6.45) is 0. The van der Waals surface area contributed by atoms with Crippen LogP contribution in [0.5, 0.6) is 5.75 Å². The molecule has 0 spiro atoms. The van der Waals surface area contributed by atoms with Crippen LogP contribution >= 0.6 is 0 Å². The highest BCUT2D eigenvalue weighted by atomic mass is 16.5. The van der Waals surface area contributed by atoms with Gasteiger partial charge >= 0.3 is 5.97 Å². The second kappa shape index (κ2) is 5.57. The van der Waals surface area contributed by atoms with E-state index in [0.29, 0.717) is 12.2 Å². The van der Waals surface area contributed by atoms with Crippen LogP contribution in [0.15, 0.2) is 36.4 Å². The Morgan fingerprint density at radius 3 is 2.15 bits per heavy atom. The van der Waals surface area contributed by atoms with Crippen molar-refractivity contribution in [1.29, 1.82) is 0 Å². The Balaban J connectivity index is 2.46. The molecule has 0 aliphatic heterocycles. The molecule has 102 valence electrons. The van der Waals surface area contributed by atoms with Crippen LogP contribution in [0.1, 0.15) is 21.5 Å². The van der Waals surface area contributed by atoms with Crippen molar-refractivity contribution in [2.75, 3.05) is 0 Å². The van der Waals surface area contributed by atoms with Crippen molar-refractivity contribution in [2.24, 2.45) is 0 Å². The highest BCUT2D eigenvalue weighted by Crippen LogP contribution is 2.29. The number of carbonyl (C=O) groups excluding carboxylic acids is 1. The summed E-state index contributed by atoms with van der Waals surface area (Å²) in [4.78, 5) is 21.3. The summed E-state index contributed by atoms with van der Waals surface area (Å²) < 4.78 is 4.80. The number of aryl methyl sites for hydroxylation is 2. The van der Waals surface area contributed by atoms with Crippen LogP contribution in [-0.4, -0.2) is 17.5 Å². The van der Waals surface area contributed by atoms with Gasteiger partial charge in [0.05, 0.1) is 5.56 Å². The summed E-state index contributed by atoms with van der Waals surface area (Å²) >= 11 is 0. The predicted molar refractivity (Wildman–Crippen MR) is 75.0 cm³/mol. The molecule has 0 amide bonds. The van der Waals surface area contributed by atoms with Crippen molar-refractivity contribution < 1.29 is 19.4 Å². The Morgan fingerprint density at radius 1 is 1.05 bits per heavy atom. The van der Waals surface area contributed by atoms with Gasteiger partial charge in [-0.1, -0.05) is 12.1 Å². The average Bonchev–Trinajstić information content (AvgIpc) is 2.40. The van der Waals surface area contributed by atoms with Crippen molar-refractivity contribution in [1.82, 2.24) is 0 Å². The van der Waals surface area contributed by atoms with Crippen molar-refractivity contribution in [3.63, 3.8) is 0 Å². The molecule has 0 radical (unpaired) electrons. The van der Waals surface area contributed by atoms with Crippen LogP contribution < -0.4 is 4.74 Å². The lowest BCUT2D eigenvalue weighted by atomic mass is 9.95. The van der Waals surface area contributed by atoms with E-state index in [2.05, 4.69) is 0 Å². The molecule has 0 bridgehead atoms. The van der Waals surface area contributed by atoms with E-state index < -0.39 is 5.97 Å². The zero-order valence-electron chi connectivity index (χ0n) is 11.2. The number of hydrogen-bond donors (Lipinski definition) is 1. The van der Waals surface area contributed by atoms with Gasteiger partial charge in [-0.25, -0.2) is 4.79 Å². The van der Waals surface area contributed by atoms with Crippen molar-refractivity contribution in [3.8, 4) is 16.9 Å². The Labute approximate surface area is 116 Å². The average molecular weight is 270 g/mol. The van der Waals surface area contributed by atoms with Crippen molar-refractivity contribution in [3.05, 3.63) is 53.1 Å². The highest BCUT2D eigenvalue weighted by Gasteiger charge is 2.09. The van der Waals surface area contributed by atoms with E-state index in [4.69, 9.17) is 9.84 Å². The number of hydrogen-bond acceptors (Lipinski definition) is 3. The fourth-order valence-electron chi connectivity index (χ4n) is 2.17. The first-order valence-corrected chi connectivity index (χ1v) is 6.08. The van der Waals surface area contributed by atoms with Gasteiger partial charge in [-0.2, -0.15) is 0 Å². The van der Waals surface area contributed by atoms with Gasteiger partial charge in [0, 0.05) is 0 Å². The van der Waals surface area contributed by atoms with Crippen LogP contribution in [-0.2, 0) is 4.79 Å². The second-order valence-corrected chi connectivity index (χ2v) is 4.53. The van der Waals surface area contributed by atoms with E-state index in [0.717, 1.165) is 22.3 Å². The third kappa shape index (κ3) is 2.69. The normalized spacial score (nSPS) is 10.1. The molecule has 0 saturated heterocycles. The van der Waals surface area contributed by atoms with E-state index in [1.54, 1.807) is 30.3 Å². The van der Waals surface area contributed by atoms with E-state index in [1.165, 1.54) is 0 Å². The summed E-state index contributed by atoms with van der Waals surface area (Å²) in [6, 6.07) is 10.4. The summed E-state index contributed by atoms with van der Waals surface area (Å²) in [5, 5.41) is 8.97. The van der Waals surface area contributed by atoms with Gasteiger partial charge in [-0.05, 0) is 60.4 Å². The molecule has 2 aromatic carbocycles. The number of ether oxygens (including phenoxy) is 1. The third-order valence-electron chi connectivity index (χ3n) is 3.15. The Bertz CT molecular complexity index is 674. The maximum atomic E-state index is 10.9. The second-order valence-electron chi connectivity index (χ2n) is 4.53. The van der Waals surface area contributed by atoms with Gasteiger partial charge in [0.2, 0.25) is 0 Å². The summed E-state index contributed by atoms with van der Waals surface area (Å²) in [7, 11) is 0. The van der Waals surface area contributed by atoms with Gasteiger partial charge in [0.25, 0.3) is 6.47 Å². The lowest BCUT2D eigenvalue weighted by Gasteiger charge is -2.11. The van der Waals surface area contributed by atoms with E-state index in [9.17, 15) is 9.59 Å². The molecule has 0 heterocycles. The van der Waals surface area contributed by atoms with Crippen LogP contribution in [0.25, 0.3) is 11.1 Å². The minimum absolute atomic E-state index is 0.268. The Hall–Kier alpha value is -2.62. The zero-order valence-corrected chi connectivity index (χ0v) is 11.2. The molecule has 20 heavy (non-hydrogen) atoms. The zero-order chi connectivity index (χ0) is 14.7. The summed E-state index contributed by atoms with van der Waals surface area (Å²) in [6.45, 7) is 4.18. The first kappa shape index (κ1) is 13.8. The molecule has 0 unspecified atom stereocenters. The molecule has 4 heteroatoms. The quantitative estimate of drug-likeness (QED) is 0.866. The predicted octanol–water partition coefficient (Wildman–Crippen LogP) is 3.20. The maximum absolute atomic E-state index is 10.9. The van der Waals surface area contributed by atoms with Gasteiger partial charge in [-0.15, -0.1) is 0 Å².